The largest absolute Gasteiger partial charge is 0.367 e. The monoisotopic (exact) mass is 420 g/mol. The van der Waals surface area contributed by atoms with Crippen molar-refractivity contribution in [2.75, 3.05) is 49.1 Å². The molecule has 1 amide bonds. The summed E-state index contributed by atoms with van der Waals surface area (Å²) in [5, 5.41) is 4.60. The number of carbonyl (C=O) groups is 1. The second-order valence-corrected chi connectivity index (χ2v) is 9.27. The summed E-state index contributed by atoms with van der Waals surface area (Å²) in [7, 11) is 0. The van der Waals surface area contributed by atoms with Crippen LogP contribution < -0.4 is 9.80 Å². The second kappa shape index (κ2) is 8.26. The maximum absolute atomic E-state index is 13.3. The van der Waals surface area contributed by atoms with Crippen LogP contribution in [0.3, 0.4) is 0 Å². The van der Waals surface area contributed by atoms with E-state index in [-0.39, 0.29) is 5.92 Å². The van der Waals surface area contributed by atoms with E-state index in [1.165, 1.54) is 16.1 Å². The normalized spacial score (nSPS) is 20.0. The predicted octanol–water partition coefficient (Wildman–Crippen LogP) is 4.17. The van der Waals surface area contributed by atoms with Crippen LogP contribution in [0.4, 0.5) is 10.7 Å². The SMILES string of the molecule is Cc1cc(N2CCN(C(=O)C3CCCN(c4cccs4)C3)CC2)c2ccccc2n1. The number of amides is 1. The smallest absolute Gasteiger partial charge is 0.227 e. The fourth-order valence-corrected chi connectivity index (χ4v) is 5.57. The van der Waals surface area contributed by atoms with Crippen LogP contribution in [0.15, 0.2) is 47.8 Å². The minimum Gasteiger partial charge on any atom is -0.367 e. The van der Waals surface area contributed by atoms with E-state index >= 15 is 0 Å². The highest BCUT2D eigenvalue weighted by Gasteiger charge is 2.31. The van der Waals surface area contributed by atoms with Crippen LogP contribution in [0.1, 0.15) is 18.5 Å². The average Bonchev–Trinajstić information content (AvgIpc) is 3.33. The van der Waals surface area contributed by atoms with E-state index in [2.05, 4.69) is 68.4 Å². The summed E-state index contributed by atoms with van der Waals surface area (Å²) in [4.78, 5) is 24.8. The van der Waals surface area contributed by atoms with Crippen molar-refractivity contribution >= 4 is 38.8 Å². The van der Waals surface area contributed by atoms with Crippen LogP contribution >= 0.6 is 11.3 Å². The maximum atomic E-state index is 13.3. The van der Waals surface area contributed by atoms with E-state index in [1.807, 2.05) is 6.07 Å². The van der Waals surface area contributed by atoms with Gasteiger partial charge in [-0.1, -0.05) is 18.2 Å². The minimum absolute atomic E-state index is 0.122. The Balaban J connectivity index is 1.26. The van der Waals surface area contributed by atoms with Crippen molar-refractivity contribution in [1.82, 2.24) is 9.88 Å². The number of hydrogen-bond donors (Lipinski definition) is 0. The van der Waals surface area contributed by atoms with Gasteiger partial charge in [0.05, 0.1) is 16.4 Å². The number of pyridine rings is 1. The van der Waals surface area contributed by atoms with Crippen molar-refractivity contribution in [3.05, 3.63) is 53.5 Å². The van der Waals surface area contributed by atoms with Crippen molar-refractivity contribution in [3.8, 4) is 0 Å². The highest BCUT2D eigenvalue weighted by Crippen LogP contribution is 2.30. The Labute approximate surface area is 181 Å². The number of thiophene rings is 1. The van der Waals surface area contributed by atoms with Gasteiger partial charge in [-0.05, 0) is 49.4 Å². The Hall–Kier alpha value is -2.60. The molecule has 0 N–H and O–H groups in total. The number of para-hydroxylation sites is 1. The quantitative estimate of drug-likeness (QED) is 0.638. The van der Waals surface area contributed by atoms with Gasteiger partial charge in [-0.2, -0.15) is 0 Å². The number of aryl methyl sites for hydroxylation is 1. The van der Waals surface area contributed by atoms with Crippen molar-refractivity contribution in [2.24, 2.45) is 5.92 Å². The minimum atomic E-state index is 0.122. The molecule has 0 radical (unpaired) electrons. The first-order valence-corrected chi connectivity index (χ1v) is 11.8. The second-order valence-electron chi connectivity index (χ2n) is 8.35. The van der Waals surface area contributed by atoms with Gasteiger partial charge in [0.2, 0.25) is 5.91 Å². The molecule has 3 aromatic rings. The molecule has 1 unspecified atom stereocenters. The highest BCUT2D eigenvalue weighted by molar-refractivity contribution is 7.14. The van der Waals surface area contributed by atoms with Crippen molar-refractivity contribution in [1.29, 1.82) is 0 Å². The van der Waals surface area contributed by atoms with Crippen LogP contribution in [0, 0.1) is 12.8 Å². The summed E-state index contributed by atoms with van der Waals surface area (Å²) in [5.41, 5.74) is 3.33. The molecule has 2 aromatic heterocycles. The fourth-order valence-electron chi connectivity index (χ4n) is 4.80. The van der Waals surface area contributed by atoms with Crippen molar-refractivity contribution in [3.63, 3.8) is 0 Å². The van der Waals surface area contributed by atoms with E-state index in [0.29, 0.717) is 5.91 Å². The molecule has 5 nitrogen and oxygen atoms in total. The molecule has 4 heterocycles. The summed E-state index contributed by atoms with van der Waals surface area (Å²) >= 11 is 1.77. The average molecular weight is 421 g/mol. The molecule has 0 saturated carbocycles. The summed E-state index contributed by atoms with van der Waals surface area (Å²) in [6, 6.07) is 14.8. The number of piperazine rings is 1. The molecule has 156 valence electrons. The number of nitrogens with zero attached hydrogens (tertiary/aromatic N) is 4. The molecule has 1 atom stereocenters. The first kappa shape index (κ1) is 19.4. The topological polar surface area (TPSA) is 39.7 Å². The van der Waals surface area contributed by atoms with Gasteiger partial charge in [0.25, 0.3) is 0 Å². The molecule has 5 rings (SSSR count). The lowest BCUT2D eigenvalue weighted by molar-refractivity contribution is -0.136. The Bertz CT molecular complexity index is 1030. The van der Waals surface area contributed by atoms with E-state index in [1.54, 1.807) is 11.3 Å². The number of benzene rings is 1. The molecule has 2 saturated heterocycles. The van der Waals surface area contributed by atoms with E-state index in [9.17, 15) is 4.79 Å². The number of aromatic nitrogens is 1. The lowest BCUT2D eigenvalue weighted by Gasteiger charge is -2.40. The van der Waals surface area contributed by atoms with Gasteiger partial charge < -0.3 is 14.7 Å². The Morgan fingerprint density at radius 1 is 1.03 bits per heavy atom. The van der Waals surface area contributed by atoms with Gasteiger partial charge in [-0.15, -0.1) is 11.3 Å². The standard InChI is InChI=1S/C24H28N4OS/c1-18-16-22(20-7-2-3-8-21(20)25-18)26-11-13-27(14-12-26)24(29)19-6-4-10-28(17-19)23-9-5-15-30-23/h2-3,5,7-9,15-16,19H,4,6,10-14,17H2,1H3. The van der Waals surface area contributed by atoms with Crippen LogP contribution in [0.25, 0.3) is 10.9 Å². The zero-order chi connectivity index (χ0) is 20.5. The molecule has 30 heavy (non-hydrogen) atoms. The highest BCUT2D eigenvalue weighted by atomic mass is 32.1. The number of piperidine rings is 1. The molecule has 6 heteroatoms. The predicted molar refractivity (Wildman–Crippen MR) is 125 cm³/mol. The van der Waals surface area contributed by atoms with E-state index in [0.717, 1.165) is 63.3 Å². The molecule has 0 aliphatic carbocycles. The summed E-state index contributed by atoms with van der Waals surface area (Å²) in [5.74, 6) is 0.461. The van der Waals surface area contributed by atoms with Crippen LogP contribution in [-0.2, 0) is 4.79 Å². The Morgan fingerprint density at radius 2 is 1.87 bits per heavy atom. The van der Waals surface area contributed by atoms with Crippen molar-refractivity contribution in [2.45, 2.75) is 19.8 Å². The maximum Gasteiger partial charge on any atom is 0.227 e. The van der Waals surface area contributed by atoms with Crippen LogP contribution in [-0.4, -0.2) is 55.1 Å². The number of fused-ring (bicyclic) bond motifs is 1. The van der Waals surface area contributed by atoms with Gasteiger partial charge in [0.15, 0.2) is 0 Å². The number of anilines is 2. The van der Waals surface area contributed by atoms with Gasteiger partial charge >= 0.3 is 0 Å². The van der Waals surface area contributed by atoms with E-state index < -0.39 is 0 Å². The summed E-state index contributed by atoms with van der Waals surface area (Å²) in [6.07, 6.45) is 2.10. The van der Waals surface area contributed by atoms with E-state index in [4.69, 9.17) is 0 Å². The number of rotatable bonds is 3. The molecule has 0 spiro atoms. The molecule has 2 fully saturated rings. The number of carbonyl (C=O) groups excluding carboxylic acids is 1. The fraction of sp³-hybridized carbons (Fsp3) is 0.417. The molecular weight excluding hydrogens is 392 g/mol. The zero-order valence-electron chi connectivity index (χ0n) is 17.5. The van der Waals surface area contributed by atoms with Gasteiger partial charge in [0, 0.05) is 56.0 Å². The Kier molecular flexibility index (Phi) is 5.34. The lowest BCUT2D eigenvalue weighted by atomic mass is 9.96. The van der Waals surface area contributed by atoms with Gasteiger partial charge in [0.1, 0.15) is 0 Å². The van der Waals surface area contributed by atoms with Crippen LogP contribution in [0.5, 0.6) is 0 Å². The van der Waals surface area contributed by atoms with Crippen molar-refractivity contribution < 1.29 is 4.79 Å². The summed E-state index contributed by atoms with van der Waals surface area (Å²) in [6.45, 7) is 7.31. The summed E-state index contributed by atoms with van der Waals surface area (Å²) < 4.78 is 0. The molecule has 2 aliphatic heterocycles. The molecular formula is C24H28N4OS. The van der Waals surface area contributed by atoms with Gasteiger partial charge in [-0.3, -0.25) is 9.78 Å². The van der Waals surface area contributed by atoms with Crippen LogP contribution in [0.2, 0.25) is 0 Å². The zero-order valence-corrected chi connectivity index (χ0v) is 18.3. The number of hydrogen-bond acceptors (Lipinski definition) is 5. The molecule has 1 aromatic carbocycles. The third-order valence-corrected chi connectivity index (χ3v) is 7.27. The third-order valence-electron chi connectivity index (χ3n) is 6.34. The molecule has 2 aliphatic rings. The Morgan fingerprint density at radius 3 is 2.67 bits per heavy atom. The first-order valence-electron chi connectivity index (χ1n) is 10.9. The van der Waals surface area contributed by atoms with Gasteiger partial charge in [-0.25, -0.2) is 0 Å². The third kappa shape index (κ3) is 3.76. The lowest BCUT2D eigenvalue weighted by Crippen LogP contribution is -2.52. The first-order chi connectivity index (χ1) is 14.7. The molecule has 0 bridgehead atoms.